The van der Waals surface area contributed by atoms with E-state index in [9.17, 15) is 19.1 Å². The zero-order valence-corrected chi connectivity index (χ0v) is 15.9. The van der Waals surface area contributed by atoms with E-state index in [-0.39, 0.29) is 29.0 Å². The molecular formula is C23H18FNO4. The molecule has 0 unspecified atom stereocenters. The molecule has 146 valence electrons. The minimum Gasteiger partial charge on any atom is -0.507 e. The lowest BCUT2D eigenvalue weighted by molar-refractivity contribution is 0.0528. The van der Waals surface area contributed by atoms with Gasteiger partial charge in [-0.1, -0.05) is 18.2 Å². The fourth-order valence-corrected chi connectivity index (χ4v) is 3.63. The van der Waals surface area contributed by atoms with Gasteiger partial charge in [0, 0.05) is 17.1 Å². The summed E-state index contributed by atoms with van der Waals surface area (Å²) in [6, 6.07) is 12.2. The maximum atomic E-state index is 13.7. The molecule has 2 heterocycles. The number of rotatable bonds is 4. The average molecular weight is 391 g/mol. The highest BCUT2D eigenvalue weighted by molar-refractivity contribution is 6.13. The Morgan fingerprint density at radius 1 is 1.10 bits per heavy atom. The third-order valence-electron chi connectivity index (χ3n) is 4.95. The number of pyridine rings is 1. The topological polar surface area (TPSA) is 68.0 Å². The van der Waals surface area contributed by atoms with E-state index < -0.39 is 17.6 Å². The Balaban J connectivity index is 2.03. The van der Waals surface area contributed by atoms with Gasteiger partial charge in [-0.05, 0) is 49.7 Å². The third kappa shape index (κ3) is 3.02. The van der Waals surface area contributed by atoms with E-state index >= 15 is 0 Å². The number of para-hydroxylation sites is 1. The van der Waals surface area contributed by atoms with Gasteiger partial charge < -0.3 is 14.2 Å². The van der Waals surface area contributed by atoms with Crippen LogP contribution < -0.4 is 0 Å². The first kappa shape index (κ1) is 18.7. The van der Waals surface area contributed by atoms with Crippen molar-refractivity contribution in [3.63, 3.8) is 0 Å². The van der Waals surface area contributed by atoms with Gasteiger partial charge in [0.15, 0.2) is 5.78 Å². The van der Waals surface area contributed by atoms with Crippen LogP contribution in [0.1, 0.15) is 38.8 Å². The van der Waals surface area contributed by atoms with Crippen molar-refractivity contribution in [3.05, 3.63) is 82.8 Å². The Hall–Kier alpha value is -3.67. The summed E-state index contributed by atoms with van der Waals surface area (Å²) in [4.78, 5) is 25.7. The molecule has 2 aromatic heterocycles. The van der Waals surface area contributed by atoms with E-state index in [4.69, 9.17) is 4.74 Å². The van der Waals surface area contributed by atoms with Gasteiger partial charge in [0.05, 0.1) is 28.8 Å². The lowest BCUT2D eigenvalue weighted by atomic mass is 10.0. The van der Waals surface area contributed by atoms with Crippen LogP contribution in [-0.4, -0.2) is 27.9 Å². The molecule has 4 rings (SSSR count). The number of nitrogens with zero attached hydrogens (tertiary/aromatic N) is 1. The van der Waals surface area contributed by atoms with Gasteiger partial charge >= 0.3 is 5.97 Å². The summed E-state index contributed by atoms with van der Waals surface area (Å²) >= 11 is 0. The van der Waals surface area contributed by atoms with Gasteiger partial charge in [-0.3, -0.25) is 4.79 Å². The van der Waals surface area contributed by atoms with Crippen LogP contribution in [0.5, 0.6) is 5.75 Å². The van der Waals surface area contributed by atoms with E-state index in [0.29, 0.717) is 5.52 Å². The number of ether oxygens (including phenoxy) is 1. The van der Waals surface area contributed by atoms with Crippen molar-refractivity contribution in [1.82, 2.24) is 4.40 Å². The Kier molecular flexibility index (Phi) is 4.54. The lowest BCUT2D eigenvalue weighted by Crippen LogP contribution is -2.11. The number of hydrogen-bond acceptors (Lipinski definition) is 4. The first-order valence-corrected chi connectivity index (χ1v) is 9.16. The maximum Gasteiger partial charge on any atom is 0.340 e. The van der Waals surface area contributed by atoms with Crippen LogP contribution in [0.2, 0.25) is 0 Å². The van der Waals surface area contributed by atoms with Gasteiger partial charge in [-0.25, -0.2) is 9.18 Å². The Morgan fingerprint density at radius 3 is 2.62 bits per heavy atom. The first-order chi connectivity index (χ1) is 13.9. The third-order valence-corrected chi connectivity index (χ3v) is 4.95. The summed E-state index contributed by atoms with van der Waals surface area (Å²) in [5, 5.41) is 11.0. The molecular weight excluding hydrogens is 373 g/mol. The molecule has 0 atom stereocenters. The standard InChI is InChI=1S/C23H18FNO4/c1-3-29-23(28)18-10-14(22(27)17-11-15(24)8-9-20(17)26)12-25-19-7-5-4-6-16(19)13(2)21(18)25/h4-12,26H,3H2,1-2H3. The van der Waals surface area contributed by atoms with Crippen LogP contribution in [0, 0.1) is 12.7 Å². The molecule has 0 saturated carbocycles. The summed E-state index contributed by atoms with van der Waals surface area (Å²) in [7, 11) is 0. The number of carbonyl (C=O) groups excluding carboxylic acids is 2. The fourth-order valence-electron chi connectivity index (χ4n) is 3.63. The number of fused-ring (bicyclic) bond motifs is 3. The van der Waals surface area contributed by atoms with E-state index in [1.54, 1.807) is 17.5 Å². The summed E-state index contributed by atoms with van der Waals surface area (Å²) in [5.74, 6) is -2.12. The van der Waals surface area contributed by atoms with Crippen molar-refractivity contribution in [2.75, 3.05) is 6.61 Å². The second kappa shape index (κ2) is 7.05. The first-order valence-electron chi connectivity index (χ1n) is 9.16. The maximum absolute atomic E-state index is 13.7. The monoisotopic (exact) mass is 391 g/mol. The number of aromatic hydroxyl groups is 1. The van der Waals surface area contributed by atoms with E-state index in [0.717, 1.165) is 34.7 Å². The molecule has 0 aliphatic carbocycles. The quantitative estimate of drug-likeness (QED) is 0.406. The number of carbonyl (C=O) groups is 2. The molecule has 0 saturated heterocycles. The number of ketones is 1. The van der Waals surface area contributed by atoms with Crippen LogP contribution in [0.25, 0.3) is 16.4 Å². The van der Waals surface area contributed by atoms with Crippen molar-refractivity contribution in [2.45, 2.75) is 13.8 Å². The normalized spacial score (nSPS) is 11.1. The number of aryl methyl sites for hydroxylation is 1. The highest BCUT2D eigenvalue weighted by atomic mass is 19.1. The minimum absolute atomic E-state index is 0.141. The fraction of sp³-hybridized carbons (Fsp3) is 0.130. The van der Waals surface area contributed by atoms with Crippen molar-refractivity contribution >= 4 is 28.2 Å². The van der Waals surface area contributed by atoms with Gasteiger partial charge in [-0.2, -0.15) is 0 Å². The number of phenols is 1. The van der Waals surface area contributed by atoms with Gasteiger partial charge in [0.25, 0.3) is 0 Å². The number of phenolic OH excluding ortho intramolecular Hbond substituents is 1. The predicted molar refractivity (Wildman–Crippen MR) is 107 cm³/mol. The molecule has 4 aromatic rings. The number of halogens is 1. The van der Waals surface area contributed by atoms with Crippen molar-refractivity contribution in [3.8, 4) is 5.75 Å². The number of esters is 1. The lowest BCUT2D eigenvalue weighted by Gasteiger charge is -2.10. The second-order valence-corrected chi connectivity index (χ2v) is 6.71. The van der Waals surface area contributed by atoms with Crippen LogP contribution >= 0.6 is 0 Å². The van der Waals surface area contributed by atoms with Gasteiger partial charge in [-0.15, -0.1) is 0 Å². The van der Waals surface area contributed by atoms with Crippen molar-refractivity contribution in [1.29, 1.82) is 0 Å². The molecule has 2 aromatic carbocycles. The Bertz CT molecular complexity index is 1290. The van der Waals surface area contributed by atoms with Gasteiger partial charge in [0.2, 0.25) is 0 Å². The number of aromatic nitrogens is 1. The minimum atomic E-state index is -0.639. The summed E-state index contributed by atoms with van der Waals surface area (Å²) < 4.78 is 20.6. The smallest absolute Gasteiger partial charge is 0.340 e. The van der Waals surface area contributed by atoms with Crippen molar-refractivity contribution in [2.24, 2.45) is 0 Å². The highest BCUT2D eigenvalue weighted by Crippen LogP contribution is 2.31. The molecule has 0 amide bonds. The molecule has 0 aliphatic rings. The molecule has 0 aliphatic heterocycles. The van der Waals surface area contributed by atoms with Crippen molar-refractivity contribution < 1.29 is 23.8 Å². The van der Waals surface area contributed by atoms with Crippen LogP contribution in [-0.2, 0) is 4.74 Å². The number of hydrogen-bond donors (Lipinski definition) is 1. The van der Waals surface area contributed by atoms with Gasteiger partial charge in [0.1, 0.15) is 11.6 Å². The van der Waals surface area contributed by atoms with Crippen LogP contribution in [0.3, 0.4) is 0 Å². The zero-order chi connectivity index (χ0) is 20.7. The summed E-state index contributed by atoms with van der Waals surface area (Å²) in [5.41, 5.74) is 2.56. The van der Waals surface area contributed by atoms with E-state index in [1.807, 2.05) is 31.2 Å². The molecule has 0 bridgehead atoms. The molecule has 0 radical (unpaired) electrons. The van der Waals surface area contributed by atoms with E-state index in [2.05, 4.69) is 0 Å². The predicted octanol–water partition coefficient (Wildman–Crippen LogP) is 4.65. The SMILES string of the molecule is CCOC(=O)c1cc(C(=O)c2cc(F)ccc2O)cn2c1c(C)c1ccccc12. The molecule has 0 spiro atoms. The average Bonchev–Trinajstić information content (AvgIpc) is 3.01. The molecule has 0 fully saturated rings. The summed E-state index contributed by atoms with van der Waals surface area (Å²) in [6.45, 7) is 3.80. The van der Waals surface area contributed by atoms with Crippen LogP contribution in [0.15, 0.2) is 54.7 Å². The Morgan fingerprint density at radius 2 is 1.86 bits per heavy atom. The zero-order valence-electron chi connectivity index (χ0n) is 15.9. The molecule has 1 N–H and O–H groups in total. The molecule has 6 heteroatoms. The molecule has 5 nitrogen and oxygen atoms in total. The second-order valence-electron chi connectivity index (χ2n) is 6.71. The number of benzene rings is 2. The highest BCUT2D eigenvalue weighted by Gasteiger charge is 2.22. The largest absolute Gasteiger partial charge is 0.507 e. The molecule has 29 heavy (non-hydrogen) atoms. The van der Waals surface area contributed by atoms with E-state index in [1.165, 1.54) is 6.07 Å². The van der Waals surface area contributed by atoms with Crippen LogP contribution in [0.4, 0.5) is 4.39 Å². The summed E-state index contributed by atoms with van der Waals surface area (Å²) in [6.07, 6.45) is 1.60. The Labute approximate surface area is 166 Å².